The number of aromatic nitrogens is 5. The molecule has 5 rings (SSSR count). The predicted molar refractivity (Wildman–Crippen MR) is 129 cm³/mol. The molecule has 1 saturated heterocycles. The molecule has 0 bridgehead atoms. The zero-order chi connectivity index (χ0) is 24.4. The van der Waals surface area contributed by atoms with Gasteiger partial charge in [0.1, 0.15) is 17.7 Å². The lowest BCUT2D eigenvalue weighted by Crippen LogP contribution is -2.54. The van der Waals surface area contributed by atoms with Gasteiger partial charge in [-0.1, -0.05) is 12.1 Å². The van der Waals surface area contributed by atoms with E-state index in [1.165, 1.54) is 18.5 Å². The summed E-state index contributed by atoms with van der Waals surface area (Å²) in [5.41, 5.74) is 3.77. The number of amides is 1. The van der Waals surface area contributed by atoms with E-state index in [0.717, 1.165) is 41.0 Å². The van der Waals surface area contributed by atoms with Crippen LogP contribution in [0.4, 0.5) is 10.2 Å². The minimum absolute atomic E-state index is 0.0138. The van der Waals surface area contributed by atoms with Crippen LogP contribution in [0.5, 0.6) is 0 Å². The maximum atomic E-state index is 13.2. The van der Waals surface area contributed by atoms with Crippen molar-refractivity contribution in [1.82, 2.24) is 29.7 Å². The van der Waals surface area contributed by atoms with E-state index in [1.807, 2.05) is 34.7 Å². The first-order valence-corrected chi connectivity index (χ1v) is 11.7. The molecule has 182 valence electrons. The van der Waals surface area contributed by atoms with E-state index in [0.29, 0.717) is 19.7 Å². The second-order valence-electron chi connectivity index (χ2n) is 8.86. The van der Waals surface area contributed by atoms with Crippen LogP contribution < -0.4 is 10.2 Å². The minimum atomic E-state index is -0.289. The van der Waals surface area contributed by atoms with Gasteiger partial charge in [-0.05, 0) is 37.1 Å². The van der Waals surface area contributed by atoms with Crippen LogP contribution in [0.2, 0.25) is 0 Å². The van der Waals surface area contributed by atoms with Crippen molar-refractivity contribution in [2.24, 2.45) is 5.92 Å². The smallest absolute Gasteiger partial charge is 0.227 e. The molecule has 35 heavy (non-hydrogen) atoms. The molecule has 1 N–H and O–H groups in total. The number of benzene rings is 1. The van der Waals surface area contributed by atoms with Gasteiger partial charge in [0.2, 0.25) is 5.91 Å². The summed E-state index contributed by atoms with van der Waals surface area (Å²) in [6, 6.07) is 8.06. The van der Waals surface area contributed by atoms with Crippen molar-refractivity contribution >= 4 is 17.2 Å². The van der Waals surface area contributed by atoms with Gasteiger partial charge < -0.3 is 15.0 Å². The number of carbonyl (C=O) groups is 1. The number of rotatable bonds is 9. The quantitative estimate of drug-likeness (QED) is 0.373. The lowest BCUT2D eigenvalue weighted by molar-refractivity contribution is -0.126. The molecule has 4 aromatic rings. The molecular weight excluding hydrogens is 449 g/mol. The van der Waals surface area contributed by atoms with Gasteiger partial charge in [0.15, 0.2) is 5.82 Å². The number of hydrogen-bond donors (Lipinski definition) is 1. The second-order valence-corrected chi connectivity index (χ2v) is 8.86. The van der Waals surface area contributed by atoms with Crippen LogP contribution in [0, 0.1) is 11.7 Å². The van der Waals surface area contributed by atoms with Crippen molar-refractivity contribution in [3.8, 4) is 11.1 Å². The number of anilines is 1. The number of nitrogens with one attached hydrogen (secondary N) is 1. The van der Waals surface area contributed by atoms with Crippen LogP contribution in [-0.2, 0) is 16.1 Å². The molecule has 4 heterocycles. The fourth-order valence-corrected chi connectivity index (χ4v) is 4.31. The molecule has 1 aromatic carbocycles. The first-order valence-electron chi connectivity index (χ1n) is 11.7. The molecule has 3 aromatic heterocycles. The number of aryl methyl sites for hydroxylation is 1. The van der Waals surface area contributed by atoms with Crippen molar-refractivity contribution in [1.29, 1.82) is 0 Å². The molecule has 1 fully saturated rings. The fourth-order valence-electron chi connectivity index (χ4n) is 4.31. The van der Waals surface area contributed by atoms with Gasteiger partial charge in [0.05, 0.1) is 18.2 Å². The summed E-state index contributed by atoms with van der Waals surface area (Å²) in [5, 5.41) is 11.8. The van der Waals surface area contributed by atoms with Crippen LogP contribution in [0.15, 0.2) is 55.2 Å². The van der Waals surface area contributed by atoms with Crippen LogP contribution in [0.25, 0.3) is 16.6 Å². The third-order valence-electron chi connectivity index (χ3n) is 6.37. The van der Waals surface area contributed by atoms with Crippen LogP contribution in [-0.4, -0.2) is 57.1 Å². The monoisotopic (exact) mass is 477 g/mol. The predicted octanol–water partition coefficient (Wildman–Crippen LogP) is 3.08. The summed E-state index contributed by atoms with van der Waals surface area (Å²) in [6.45, 7) is 4.55. The largest absolute Gasteiger partial charge is 0.385 e. The molecule has 0 spiro atoms. The van der Waals surface area contributed by atoms with Gasteiger partial charge >= 0.3 is 0 Å². The number of hydrogen-bond acceptors (Lipinski definition) is 6. The molecule has 9 nitrogen and oxygen atoms in total. The lowest BCUT2D eigenvalue weighted by atomic mass is 9.98. The second kappa shape index (κ2) is 9.83. The Labute approximate surface area is 202 Å². The summed E-state index contributed by atoms with van der Waals surface area (Å²) in [6.07, 6.45) is 8.26. The Hall–Kier alpha value is -3.79. The van der Waals surface area contributed by atoms with Crippen molar-refractivity contribution in [3.05, 3.63) is 66.6 Å². The molecule has 1 aliphatic rings. The molecule has 1 amide bonds. The lowest BCUT2D eigenvalue weighted by Gasteiger charge is -2.39. The van der Waals surface area contributed by atoms with Crippen LogP contribution in [0.1, 0.15) is 24.9 Å². The summed E-state index contributed by atoms with van der Waals surface area (Å²) in [7, 11) is 1.70. The Morgan fingerprint density at radius 2 is 2.00 bits per heavy atom. The zero-order valence-corrected chi connectivity index (χ0v) is 19.8. The SMILES string of the molecule is COCCCn1cc(-c2cc3c(N4CC(C(=O)N[C@@H](C)c5ccc(F)cc5)C4)ncnn3c2)cn1. The molecule has 0 saturated carbocycles. The van der Waals surface area contributed by atoms with E-state index < -0.39 is 0 Å². The minimum Gasteiger partial charge on any atom is -0.385 e. The average Bonchev–Trinajstić information content (AvgIpc) is 3.46. The maximum Gasteiger partial charge on any atom is 0.227 e. The van der Waals surface area contributed by atoms with Gasteiger partial charge in [0, 0.05) is 56.9 Å². The highest BCUT2D eigenvalue weighted by Gasteiger charge is 2.35. The molecule has 1 aliphatic heterocycles. The van der Waals surface area contributed by atoms with E-state index in [-0.39, 0.29) is 23.7 Å². The van der Waals surface area contributed by atoms with Crippen LogP contribution >= 0.6 is 0 Å². The van der Waals surface area contributed by atoms with Crippen molar-refractivity contribution in [2.45, 2.75) is 25.9 Å². The maximum absolute atomic E-state index is 13.2. The Morgan fingerprint density at radius 3 is 2.77 bits per heavy atom. The Balaban J connectivity index is 1.24. The van der Waals surface area contributed by atoms with E-state index in [2.05, 4.69) is 31.5 Å². The van der Waals surface area contributed by atoms with E-state index in [4.69, 9.17) is 4.74 Å². The number of nitrogens with zero attached hydrogens (tertiary/aromatic N) is 6. The number of methoxy groups -OCH3 is 1. The van der Waals surface area contributed by atoms with Gasteiger partial charge in [-0.3, -0.25) is 9.48 Å². The third-order valence-corrected chi connectivity index (χ3v) is 6.37. The van der Waals surface area contributed by atoms with Crippen molar-refractivity contribution in [3.63, 3.8) is 0 Å². The number of fused-ring (bicyclic) bond motifs is 1. The normalized spacial score (nSPS) is 14.8. The highest BCUT2D eigenvalue weighted by atomic mass is 19.1. The number of ether oxygens (including phenoxy) is 1. The van der Waals surface area contributed by atoms with E-state index >= 15 is 0 Å². The standard InChI is InChI=1S/C25H28FN7O2/c1-17(18-4-6-22(26)7-5-18)30-25(34)21-12-31(13-21)24-23-10-19(15-33(23)29-16-27-24)20-11-28-32(14-20)8-3-9-35-2/h4-7,10-11,14-17,21H,3,8-9,12-13H2,1-2H3,(H,30,34)/t17-/m0/s1. The average molecular weight is 478 g/mol. The molecule has 0 unspecified atom stereocenters. The fraction of sp³-hybridized carbons (Fsp3) is 0.360. The molecule has 0 aliphatic carbocycles. The number of carbonyl (C=O) groups excluding carboxylic acids is 1. The van der Waals surface area contributed by atoms with Gasteiger partial charge in [-0.2, -0.15) is 10.2 Å². The first-order chi connectivity index (χ1) is 17.0. The summed E-state index contributed by atoms with van der Waals surface area (Å²) in [5.74, 6) is 0.365. The Morgan fingerprint density at radius 1 is 1.20 bits per heavy atom. The third kappa shape index (κ3) is 4.88. The van der Waals surface area contributed by atoms with E-state index in [9.17, 15) is 9.18 Å². The highest BCUT2D eigenvalue weighted by Crippen LogP contribution is 2.30. The van der Waals surface area contributed by atoms with E-state index in [1.54, 1.807) is 19.2 Å². The summed E-state index contributed by atoms with van der Waals surface area (Å²) >= 11 is 0. The van der Waals surface area contributed by atoms with Gasteiger partial charge in [0.25, 0.3) is 0 Å². The topological polar surface area (TPSA) is 89.6 Å². The van der Waals surface area contributed by atoms with Crippen molar-refractivity contribution in [2.75, 3.05) is 31.7 Å². The van der Waals surface area contributed by atoms with Crippen molar-refractivity contribution < 1.29 is 13.9 Å². The summed E-state index contributed by atoms with van der Waals surface area (Å²) < 4.78 is 22.0. The van der Waals surface area contributed by atoms with Crippen LogP contribution in [0.3, 0.4) is 0 Å². The van der Waals surface area contributed by atoms with Gasteiger partial charge in [-0.25, -0.2) is 13.9 Å². The Kier molecular flexibility index (Phi) is 6.45. The zero-order valence-electron chi connectivity index (χ0n) is 19.8. The molecule has 0 radical (unpaired) electrons. The summed E-state index contributed by atoms with van der Waals surface area (Å²) in [4.78, 5) is 19.3. The molecule has 10 heteroatoms. The first kappa shape index (κ1) is 23.0. The highest BCUT2D eigenvalue weighted by molar-refractivity contribution is 5.84. The molecular formula is C25H28FN7O2. The number of halogens is 1. The molecule has 1 atom stereocenters. The Bertz CT molecular complexity index is 1310. The van der Waals surface area contributed by atoms with Gasteiger partial charge in [-0.15, -0.1) is 0 Å².